The van der Waals surface area contributed by atoms with Crippen LogP contribution in [0.15, 0.2) is 127 Å². The van der Waals surface area contributed by atoms with Crippen LogP contribution in [0.4, 0.5) is 11.8 Å². The summed E-state index contributed by atoms with van der Waals surface area (Å²) in [5.41, 5.74) is 24.0. The van der Waals surface area contributed by atoms with Gasteiger partial charge >= 0.3 is 0 Å². The van der Waals surface area contributed by atoms with E-state index < -0.39 is 0 Å². The summed E-state index contributed by atoms with van der Waals surface area (Å²) in [6.07, 6.45) is 34.0. The van der Waals surface area contributed by atoms with E-state index >= 15 is 0 Å². The molecule has 121 heavy (non-hydrogen) atoms. The highest BCUT2D eigenvalue weighted by Gasteiger charge is 2.37. The first-order valence-corrected chi connectivity index (χ1v) is 44.3. The van der Waals surface area contributed by atoms with E-state index in [0.29, 0.717) is 65.4 Å². The van der Waals surface area contributed by atoms with Crippen LogP contribution < -0.4 is 30.4 Å². The quantitative estimate of drug-likeness (QED) is 0.115. The SMILES string of the molecule is CC1=C(C2CCN(C)CC2)C(=O)CC=C1.CN1CCC(C#N)(c2ccccn2)CC1.CN1CCC(c2ccnc(N)n2)CC1.CN1CCC(c2nccc(N)n2)CC1.COc1cccc(C2CCN(C)CC2)n1.COc1ncc(C)cc1C1CCN(C)CC1.COc1ncc(C2CCN(C)CC2)cc1C.COc1nccc(C)c1C1CCN(C)CC1. The summed E-state index contributed by atoms with van der Waals surface area (Å²) in [5, 5.41) is 9.37. The number of rotatable bonds is 12. The number of allylic oxidation sites excluding steroid dienone is 4. The van der Waals surface area contributed by atoms with E-state index in [0.717, 1.165) is 143 Å². The number of aromatic nitrogens is 9. The van der Waals surface area contributed by atoms with Crippen LogP contribution in [0.1, 0.15) is 208 Å². The lowest BCUT2D eigenvalue weighted by Gasteiger charge is -2.34. The number of nitrogen functional groups attached to an aromatic ring is 2. The third-order valence-electron chi connectivity index (χ3n) is 25.7. The smallest absolute Gasteiger partial charge is 0.220 e. The zero-order valence-electron chi connectivity index (χ0n) is 76.1. The van der Waals surface area contributed by atoms with Crippen LogP contribution in [0.3, 0.4) is 0 Å². The zero-order chi connectivity index (χ0) is 86.8. The number of anilines is 2. The molecule has 9 aliphatic rings. The molecule has 0 spiro atoms. The fourth-order valence-corrected chi connectivity index (χ4v) is 17.8. The summed E-state index contributed by atoms with van der Waals surface area (Å²) in [5.74, 6) is 9.41. The topological polar surface area (TPSA) is 272 Å². The van der Waals surface area contributed by atoms with E-state index in [-0.39, 0.29) is 5.41 Å². The van der Waals surface area contributed by atoms with Crippen molar-refractivity contribution in [1.29, 1.82) is 5.26 Å². The van der Waals surface area contributed by atoms with E-state index in [4.69, 9.17) is 30.4 Å². The van der Waals surface area contributed by atoms with Gasteiger partial charge in [0.2, 0.25) is 29.5 Å². The fourth-order valence-electron chi connectivity index (χ4n) is 17.8. The summed E-state index contributed by atoms with van der Waals surface area (Å²) < 4.78 is 21.1. The van der Waals surface area contributed by atoms with Gasteiger partial charge in [0.05, 0.1) is 40.2 Å². The average Bonchev–Trinajstić information content (AvgIpc) is 0.803. The molecule has 0 atom stereocenters. The maximum Gasteiger partial charge on any atom is 0.220 e. The van der Waals surface area contributed by atoms with Crippen molar-refractivity contribution in [1.82, 2.24) is 84.1 Å². The van der Waals surface area contributed by atoms with Gasteiger partial charge in [0.25, 0.3) is 0 Å². The Labute approximate surface area is 724 Å². The molecule has 1 aliphatic carbocycles. The van der Waals surface area contributed by atoms with Crippen LogP contribution in [-0.4, -0.2) is 279 Å². The van der Waals surface area contributed by atoms with Crippen LogP contribution in [0.5, 0.6) is 23.5 Å². The van der Waals surface area contributed by atoms with Crippen molar-refractivity contribution >= 4 is 17.5 Å². The van der Waals surface area contributed by atoms with Crippen LogP contribution in [0, 0.1) is 38.0 Å². The first-order chi connectivity index (χ1) is 58.4. The highest BCUT2D eigenvalue weighted by atomic mass is 16.5. The van der Waals surface area contributed by atoms with Crippen molar-refractivity contribution in [2.45, 2.75) is 178 Å². The second kappa shape index (κ2) is 49.4. The third kappa shape index (κ3) is 29.9. The number of ether oxygens (including phenoxy) is 4. The maximum atomic E-state index is 11.9. The normalized spacial score (nSPS) is 20.0. The molecule has 0 radical (unpaired) electrons. The molecule has 0 saturated carbocycles. The molecule has 0 amide bonds. The number of carbonyl (C=O) groups excluding carboxylic acids is 1. The summed E-state index contributed by atoms with van der Waals surface area (Å²) in [6.45, 7) is 26.5. The number of aryl methyl sites for hydroxylation is 3. The first kappa shape index (κ1) is 95.9. The molecule has 25 heteroatoms. The van der Waals surface area contributed by atoms with Gasteiger partial charge in [-0.15, -0.1) is 0 Å². The first-order valence-electron chi connectivity index (χ1n) is 44.3. The number of likely N-dealkylation sites (tertiary alicyclic amines) is 8. The minimum absolute atomic E-state index is 0.351. The largest absolute Gasteiger partial charge is 0.481 e. The molecule has 0 bridgehead atoms. The molecule has 658 valence electrons. The Morgan fingerprint density at radius 1 is 0.430 bits per heavy atom. The Balaban J connectivity index is 0.000000157. The minimum Gasteiger partial charge on any atom is -0.481 e. The molecule has 25 nitrogen and oxygen atoms in total. The molecule has 15 heterocycles. The molecule has 7 aromatic heterocycles. The van der Waals surface area contributed by atoms with Gasteiger partial charge in [-0.25, -0.2) is 39.9 Å². The van der Waals surface area contributed by atoms with Gasteiger partial charge in [0.1, 0.15) is 17.1 Å². The van der Waals surface area contributed by atoms with Crippen molar-refractivity contribution < 1.29 is 23.7 Å². The molecular weight excluding hydrogens is 1510 g/mol. The Bertz CT molecular complexity index is 4260. The predicted molar refractivity (Wildman–Crippen MR) is 487 cm³/mol. The molecule has 8 saturated heterocycles. The van der Waals surface area contributed by atoms with Gasteiger partial charge in [-0.2, -0.15) is 5.26 Å². The predicted octanol–water partition coefficient (Wildman–Crippen LogP) is 14.0. The van der Waals surface area contributed by atoms with Crippen molar-refractivity contribution in [2.24, 2.45) is 5.92 Å². The lowest BCUT2D eigenvalue weighted by atomic mass is 9.77. The monoisotopic (exact) mass is 1660 g/mol. The number of hydrogen-bond donors (Lipinski definition) is 2. The molecule has 8 fully saturated rings. The second-order valence-corrected chi connectivity index (χ2v) is 34.9. The second-order valence-electron chi connectivity index (χ2n) is 34.9. The minimum atomic E-state index is -0.353. The number of methoxy groups -OCH3 is 4. The molecule has 7 aromatic rings. The molecule has 16 rings (SSSR count). The summed E-state index contributed by atoms with van der Waals surface area (Å²) in [6, 6.07) is 24.6. The van der Waals surface area contributed by atoms with Crippen molar-refractivity contribution in [3.05, 3.63) is 183 Å². The lowest BCUT2D eigenvalue weighted by molar-refractivity contribution is -0.115. The van der Waals surface area contributed by atoms with E-state index in [1.807, 2.05) is 61.1 Å². The van der Waals surface area contributed by atoms with Crippen molar-refractivity contribution in [3.8, 4) is 29.6 Å². The Morgan fingerprint density at radius 2 is 0.917 bits per heavy atom. The molecule has 4 N–H and O–H groups in total. The Hall–Kier alpha value is -8.97. The van der Waals surface area contributed by atoms with Gasteiger partial charge < -0.3 is 69.6 Å². The van der Waals surface area contributed by atoms with Crippen molar-refractivity contribution in [3.63, 3.8) is 0 Å². The Kier molecular flexibility index (Phi) is 39.1. The maximum absolute atomic E-state index is 11.9. The molecule has 0 unspecified atom stereocenters. The van der Waals surface area contributed by atoms with Gasteiger partial charge in [0, 0.05) is 101 Å². The summed E-state index contributed by atoms with van der Waals surface area (Å²) >= 11 is 0. The molecule has 0 aromatic carbocycles. The summed E-state index contributed by atoms with van der Waals surface area (Å²) in [4.78, 5) is 69.3. The number of ketones is 1. The number of hydrogen-bond acceptors (Lipinski definition) is 25. The van der Waals surface area contributed by atoms with E-state index in [1.165, 1.54) is 156 Å². The van der Waals surface area contributed by atoms with Gasteiger partial charge in [-0.3, -0.25) is 9.78 Å². The fraction of sp³-hybridized carbons (Fsp3) is 0.594. The number of piperidine rings is 8. The molecular formula is C96H144N20O5. The summed E-state index contributed by atoms with van der Waals surface area (Å²) in [7, 11) is 24.0. The van der Waals surface area contributed by atoms with E-state index in [9.17, 15) is 10.1 Å². The van der Waals surface area contributed by atoms with Gasteiger partial charge in [-0.1, -0.05) is 24.3 Å². The number of nitrogens with zero attached hydrogens (tertiary/aromatic N) is 18. The third-order valence-corrected chi connectivity index (χ3v) is 25.7. The number of pyridine rings is 5. The number of nitriles is 1. The van der Waals surface area contributed by atoms with Crippen molar-refractivity contribution in [2.75, 3.05) is 201 Å². The van der Waals surface area contributed by atoms with Crippen LogP contribution in [0.25, 0.3) is 0 Å². The number of nitrogens with two attached hydrogens (primary N) is 2. The van der Waals surface area contributed by atoms with Gasteiger partial charge in [0.15, 0.2) is 5.78 Å². The number of carbonyl (C=O) groups is 1. The van der Waals surface area contributed by atoms with Gasteiger partial charge in [-0.05, 0) is 386 Å². The Morgan fingerprint density at radius 3 is 1.41 bits per heavy atom. The lowest BCUT2D eigenvalue weighted by Crippen LogP contribution is -2.40. The standard InChI is InChI=1S/3C13H20N2O.C13H19NO.C12H15N3.C12H18N2O.2C10H16N4/c1-10-4-7-14-13(16-3)12(10)11-5-8-15(2)9-6-11;1-10-8-12(9-14-13(10)16-3)11-4-6-15(2)7-5-11;1-10-8-12(13(16-3)14-9-10)11-4-6-15(2)7-5-11;1-10-4-3-5-12(15)13(10)11-6-8-14(2)9-7-11;1-15-8-5-12(10-13,6-9-15)11-4-2-3-7-14-11;1-14-8-6-10(7-9-14)11-4-3-5-12(13-11)15-2;1-14-6-3-8(4-7-14)10-12-5-2-9(11)13-10;1-14-6-3-8(4-7-14)9-2-5-12-10(11)13-9/h4,7,11H,5-6,8-9H2,1-3H3;2*8-9,11H,4-7H2,1-3H3;3-4,11H,5-9H2,1-2H3;2-4,7H,5-6,8-9H2,1H3;3-5,10H,6-9H2,1-2H3;2*2,5,8H,3-4,6-7H2,1H3,(H2,11,12,13). The van der Waals surface area contributed by atoms with E-state index in [2.05, 4.69) is 205 Å². The highest BCUT2D eigenvalue weighted by molar-refractivity contribution is 5.99. The average molecular weight is 1660 g/mol. The number of Topliss-reactive ketones (excluding diaryl/α,β-unsaturated/α-hetero) is 1. The zero-order valence-corrected chi connectivity index (χ0v) is 76.1. The van der Waals surface area contributed by atoms with Crippen LogP contribution in [-0.2, 0) is 10.2 Å². The van der Waals surface area contributed by atoms with Crippen LogP contribution in [0.2, 0.25) is 0 Å². The van der Waals surface area contributed by atoms with E-state index in [1.54, 1.807) is 53.1 Å². The molecule has 8 aliphatic heterocycles. The highest BCUT2D eigenvalue weighted by Crippen LogP contribution is 2.39. The van der Waals surface area contributed by atoms with Crippen LogP contribution >= 0.6 is 0 Å².